The van der Waals surface area contributed by atoms with Gasteiger partial charge in [0.15, 0.2) is 0 Å². The van der Waals surface area contributed by atoms with Crippen LogP contribution < -0.4 is 15.7 Å². The van der Waals surface area contributed by atoms with E-state index in [0.717, 1.165) is 16.0 Å². The summed E-state index contributed by atoms with van der Waals surface area (Å²) in [6.45, 7) is 4.55. The summed E-state index contributed by atoms with van der Waals surface area (Å²) in [6, 6.07) is 14.6. The number of nitrogens with zero attached hydrogens (tertiary/aromatic N) is 3. The van der Waals surface area contributed by atoms with Crippen molar-refractivity contribution >= 4 is 45.3 Å². The van der Waals surface area contributed by atoms with E-state index in [2.05, 4.69) is 10.5 Å². The van der Waals surface area contributed by atoms with E-state index in [1.807, 2.05) is 50.2 Å². The molecule has 1 aliphatic rings. The van der Waals surface area contributed by atoms with Gasteiger partial charge in [-0.25, -0.2) is 15.0 Å². The van der Waals surface area contributed by atoms with Crippen LogP contribution in [0.4, 0.5) is 5.95 Å². The maximum absolute atomic E-state index is 13.9. The van der Waals surface area contributed by atoms with Gasteiger partial charge in [0.1, 0.15) is 10.6 Å². The predicted molar refractivity (Wildman–Crippen MR) is 137 cm³/mol. The summed E-state index contributed by atoms with van der Waals surface area (Å²) in [5, 5.41) is 5.62. The predicted octanol–water partition coefficient (Wildman–Crippen LogP) is 5.41. The van der Waals surface area contributed by atoms with Gasteiger partial charge in [-0.15, -0.1) is 11.3 Å². The number of hydrogen-bond acceptors (Lipinski definition) is 7. The van der Waals surface area contributed by atoms with E-state index in [1.54, 1.807) is 30.0 Å². The standard InChI is InChI=1S/C25H23ClN4O3S/c1-25(2)12-19-20(14-33-25)34-22-21(19)23(31)30(17-8-10-18(32-3)11-9-17)24(28-22)29-27-13-15-4-6-16(26)7-5-15/h4-11,13H,12,14H2,1-3H3,(H,28,29)/b27-13-. The molecule has 1 N–H and O–H groups in total. The van der Waals surface area contributed by atoms with Crippen LogP contribution in [0.15, 0.2) is 58.4 Å². The lowest BCUT2D eigenvalue weighted by Gasteiger charge is -2.29. The van der Waals surface area contributed by atoms with Crippen LogP contribution in [0.25, 0.3) is 15.9 Å². The number of rotatable bonds is 5. The van der Waals surface area contributed by atoms with Crippen molar-refractivity contribution in [2.24, 2.45) is 5.10 Å². The Morgan fingerprint density at radius 2 is 1.94 bits per heavy atom. The van der Waals surface area contributed by atoms with Crippen molar-refractivity contribution < 1.29 is 9.47 Å². The van der Waals surface area contributed by atoms with E-state index in [-0.39, 0.29) is 11.2 Å². The Hall–Kier alpha value is -3.20. The fourth-order valence-electron chi connectivity index (χ4n) is 3.95. The van der Waals surface area contributed by atoms with Gasteiger partial charge in [0.25, 0.3) is 5.56 Å². The first kappa shape index (κ1) is 22.6. The minimum absolute atomic E-state index is 0.144. The summed E-state index contributed by atoms with van der Waals surface area (Å²) >= 11 is 7.45. The highest BCUT2D eigenvalue weighted by molar-refractivity contribution is 7.18. The topological polar surface area (TPSA) is 77.7 Å². The summed E-state index contributed by atoms with van der Waals surface area (Å²) in [5.74, 6) is 1.03. The number of hydrogen-bond donors (Lipinski definition) is 1. The van der Waals surface area contributed by atoms with Crippen molar-refractivity contribution in [2.75, 3.05) is 12.5 Å². The number of thiophene rings is 1. The molecule has 0 bridgehead atoms. The highest BCUT2D eigenvalue weighted by Gasteiger charge is 2.31. The van der Waals surface area contributed by atoms with E-state index in [0.29, 0.717) is 45.7 Å². The lowest BCUT2D eigenvalue weighted by Crippen LogP contribution is -2.32. The minimum Gasteiger partial charge on any atom is -0.497 e. The number of anilines is 1. The van der Waals surface area contributed by atoms with Gasteiger partial charge >= 0.3 is 0 Å². The molecule has 3 heterocycles. The van der Waals surface area contributed by atoms with Gasteiger partial charge in [-0.1, -0.05) is 23.7 Å². The number of benzene rings is 2. The monoisotopic (exact) mass is 494 g/mol. The maximum Gasteiger partial charge on any atom is 0.268 e. The molecular formula is C25H23ClN4O3S. The number of halogens is 1. The number of nitrogens with one attached hydrogen (secondary N) is 1. The summed E-state index contributed by atoms with van der Waals surface area (Å²) in [7, 11) is 1.61. The van der Waals surface area contributed by atoms with Gasteiger partial charge < -0.3 is 9.47 Å². The molecule has 7 nitrogen and oxygen atoms in total. The minimum atomic E-state index is -0.335. The molecule has 0 spiro atoms. The van der Waals surface area contributed by atoms with Gasteiger partial charge in [-0.05, 0) is 61.4 Å². The highest BCUT2D eigenvalue weighted by Crippen LogP contribution is 2.37. The third-order valence-corrected chi connectivity index (χ3v) is 7.03. The van der Waals surface area contributed by atoms with E-state index in [1.165, 1.54) is 11.3 Å². The smallest absolute Gasteiger partial charge is 0.268 e. The van der Waals surface area contributed by atoms with Crippen LogP contribution in [0.1, 0.15) is 29.9 Å². The molecular weight excluding hydrogens is 472 g/mol. The van der Waals surface area contributed by atoms with Crippen LogP contribution in [-0.4, -0.2) is 28.5 Å². The number of ether oxygens (including phenoxy) is 2. The molecule has 0 amide bonds. The van der Waals surface area contributed by atoms with Gasteiger partial charge in [-0.3, -0.25) is 4.79 Å². The average Bonchev–Trinajstić information content (AvgIpc) is 3.17. The summed E-state index contributed by atoms with van der Waals surface area (Å²) < 4.78 is 12.8. The number of fused-ring (bicyclic) bond motifs is 3. The normalized spacial score (nSPS) is 14.9. The Balaban J connectivity index is 1.63. The molecule has 0 saturated heterocycles. The zero-order chi connectivity index (χ0) is 23.9. The quantitative estimate of drug-likeness (QED) is 0.296. The molecule has 4 aromatic rings. The van der Waals surface area contributed by atoms with Crippen molar-refractivity contribution in [2.45, 2.75) is 32.5 Å². The molecule has 5 rings (SSSR count). The maximum atomic E-state index is 13.9. The fourth-order valence-corrected chi connectivity index (χ4v) is 5.17. The van der Waals surface area contributed by atoms with Crippen molar-refractivity contribution in [3.63, 3.8) is 0 Å². The van der Waals surface area contributed by atoms with E-state index < -0.39 is 0 Å². The van der Waals surface area contributed by atoms with Gasteiger partial charge in [-0.2, -0.15) is 5.10 Å². The molecule has 174 valence electrons. The molecule has 0 saturated carbocycles. The van der Waals surface area contributed by atoms with Crippen molar-refractivity contribution in [3.05, 3.63) is 79.9 Å². The molecule has 34 heavy (non-hydrogen) atoms. The first-order valence-electron chi connectivity index (χ1n) is 10.7. The van der Waals surface area contributed by atoms with Crippen LogP contribution in [0, 0.1) is 0 Å². The van der Waals surface area contributed by atoms with Crippen molar-refractivity contribution in [1.29, 1.82) is 0 Å². The van der Waals surface area contributed by atoms with Crippen LogP contribution in [0.2, 0.25) is 5.02 Å². The fraction of sp³-hybridized carbons (Fsp3) is 0.240. The molecule has 0 radical (unpaired) electrons. The van der Waals surface area contributed by atoms with Crippen LogP contribution in [0.3, 0.4) is 0 Å². The Kier molecular flexibility index (Phi) is 5.89. The van der Waals surface area contributed by atoms with Crippen LogP contribution >= 0.6 is 22.9 Å². The third kappa shape index (κ3) is 4.32. The molecule has 2 aromatic heterocycles. The first-order chi connectivity index (χ1) is 16.3. The van der Waals surface area contributed by atoms with Gasteiger partial charge in [0.05, 0.1) is 36.6 Å². The van der Waals surface area contributed by atoms with Crippen LogP contribution in [0.5, 0.6) is 5.75 Å². The Labute approximate surface area is 205 Å². The highest BCUT2D eigenvalue weighted by atomic mass is 35.5. The molecule has 9 heteroatoms. The number of aromatic nitrogens is 2. The largest absolute Gasteiger partial charge is 0.497 e. The molecule has 0 fully saturated rings. The van der Waals surface area contributed by atoms with Crippen molar-refractivity contribution in [3.8, 4) is 11.4 Å². The SMILES string of the molecule is COc1ccc(-n2c(N/N=C\c3ccc(Cl)cc3)nc3sc4c(c3c2=O)CC(C)(C)OC4)cc1. The first-order valence-corrected chi connectivity index (χ1v) is 11.9. The zero-order valence-electron chi connectivity index (χ0n) is 19.0. The Morgan fingerprint density at radius 3 is 2.65 bits per heavy atom. The number of methoxy groups -OCH3 is 1. The van der Waals surface area contributed by atoms with Crippen molar-refractivity contribution in [1.82, 2.24) is 9.55 Å². The second kappa shape index (κ2) is 8.87. The Morgan fingerprint density at radius 1 is 1.21 bits per heavy atom. The van der Waals surface area contributed by atoms with Crippen LogP contribution in [-0.2, 0) is 17.8 Å². The molecule has 0 aliphatic carbocycles. The zero-order valence-corrected chi connectivity index (χ0v) is 20.5. The van der Waals surface area contributed by atoms with E-state index >= 15 is 0 Å². The van der Waals surface area contributed by atoms with Gasteiger partial charge in [0.2, 0.25) is 5.95 Å². The van der Waals surface area contributed by atoms with Gasteiger partial charge in [0, 0.05) is 16.3 Å². The second-order valence-electron chi connectivity index (χ2n) is 8.60. The lowest BCUT2D eigenvalue weighted by atomic mass is 9.94. The average molecular weight is 495 g/mol. The molecule has 0 unspecified atom stereocenters. The second-order valence-corrected chi connectivity index (χ2v) is 10.1. The molecule has 2 aromatic carbocycles. The Bertz CT molecular complexity index is 1440. The molecule has 0 atom stereocenters. The lowest BCUT2D eigenvalue weighted by molar-refractivity contribution is -0.0379. The summed E-state index contributed by atoms with van der Waals surface area (Å²) in [4.78, 5) is 20.4. The summed E-state index contributed by atoms with van der Waals surface area (Å²) in [5.41, 5.74) is 5.03. The van der Waals surface area contributed by atoms with E-state index in [9.17, 15) is 4.79 Å². The third-order valence-electron chi connectivity index (χ3n) is 5.68. The summed E-state index contributed by atoms with van der Waals surface area (Å²) in [6.07, 6.45) is 2.31. The molecule has 1 aliphatic heterocycles. The van der Waals surface area contributed by atoms with E-state index in [4.69, 9.17) is 26.1 Å². The number of hydrazone groups is 1.